The number of hydrogen-bond donors (Lipinski definition) is 2. The summed E-state index contributed by atoms with van der Waals surface area (Å²) < 4.78 is 0. The molecule has 0 radical (unpaired) electrons. The average Bonchev–Trinajstić information content (AvgIpc) is 2.67. The van der Waals surface area contributed by atoms with Gasteiger partial charge in [-0.3, -0.25) is 10.1 Å². The van der Waals surface area contributed by atoms with E-state index >= 15 is 0 Å². The predicted octanol–water partition coefficient (Wildman–Crippen LogP) is 2.55. The van der Waals surface area contributed by atoms with E-state index in [1.807, 2.05) is 55.5 Å². The first kappa shape index (κ1) is 16.7. The van der Waals surface area contributed by atoms with E-state index in [2.05, 4.69) is 27.8 Å². The first-order valence-corrected chi connectivity index (χ1v) is 7.99. The molecule has 1 heterocycles. The predicted molar refractivity (Wildman–Crippen MR) is 95.6 cm³/mol. The first-order valence-electron chi connectivity index (χ1n) is 7.99. The van der Waals surface area contributed by atoms with Crippen LogP contribution in [0.25, 0.3) is 0 Å². The molecule has 0 fully saturated rings. The summed E-state index contributed by atoms with van der Waals surface area (Å²) in [6.45, 7) is 2.66. The number of nitrogens with one attached hydrogen (secondary N) is 1. The van der Waals surface area contributed by atoms with Crippen molar-refractivity contribution < 1.29 is 4.79 Å². The summed E-state index contributed by atoms with van der Waals surface area (Å²) in [7, 11) is 0. The highest BCUT2D eigenvalue weighted by atomic mass is 16.1. The Morgan fingerprint density at radius 3 is 2.40 bits per heavy atom. The lowest BCUT2D eigenvalue weighted by atomic mass is 10.2. The summed E-state index contributed by atoms with van der Waals surface area (Å²) in [5, 5.41) is 14.9. The molecule has 1 aliphatic rings. The standard InChI is InChI=1S/C18H20N6O/c1-14(20-12-15-8-4-2-5-9-15)24-22-21-17(18(19)25)13-23(24)16-10-6-3-7-11-16/h2-11,13-14,20H,12H2,1H3,(H2,19,25). The Labute approximate surface area is 146 Å². The van der Waals surface area contributed by atoms with Gasteiger partial charge in [-0.05, 0) is 29.8 Å². The Hall–Kier alpha value is -3.19. The Morgan fingerprint density at radius 1 is 1.12 bits per heavy atom. The molecule has 128 valence electrons. The van der Waals surface area contributed by atoms with Crippen LogP contribution in [0.5, 0.6) is 0 Å². The minimum Gasteiger partial charge on any atom is -0.364 e. The number of carbonyl (C=O) groups excluding carboxylic acids is 1. The molecule has 2 aromatic carbocycles. The molecule has 25 heavy (non-hydrogen) atoms. The zero-order valence-electron chi connectivity index (χ0n) is 13.9. The molecule has 1 amide bonds. The molecule has 0 spiro atoms. The number of primary amides is 1. The van der Waals surface area contributed by atoms with Crippen LogP contribution >= 0.6 is 0 Å². The van der Waals surface area contributed by atoms with Crippen molar-refractivity contribution in [3.63, 3.8) is 0 Å². The normalized spacial score (nSPS) is 15.0. The van der Waals surface area contributed by atoms with Crippen LogP contribution in [0.2, 0.25) is 0 Å². The zero-order chi connectivity index (χ0) is 17.6. The van der Waals surface area contributed by atoms with Gasteiger partial charge in [0.25, 0.3) is 5.91 Å². The van der Waals surface area contributed by atoms with Crippen molar-refractivity contribution in [2.24, 2.45) is 16.1 Å². The molecule has 1 atom stereocenters. The van der Waals surface area contributed by atoms with Gasteiger partial charge in [-0.1, -0.05) is 48.5 Å². The van der Waals surface area contributed by atoms with Gasteiger partial charge in [-0.25, -0.2) is 5.01 Å². The molecule has 0 saturated heterocycles. The summed E-state index contributed by atoms with van der Waals surface area (Å²) in [6, 6.07) is 19.7. The molecule has 0 bridgehead atoms. The van der Waals surface area contributed by atoms with Crippen LogP contribution in [-0.2, 0) is 11.3 Å². The molecule has 0 saturated carbocycles. The number of amides is 1. The van der Waals surface area contributed by atoms with Crippen molar-refractivity contribution in [3.8, 4) is 0 Å². The van der Waals surface area contributed by atoms with Crippen LogP contribution in [-0.4, -0.2) is 17.2 Å². The number of rotatable bonds is 6. The van der Waals surface area contributed by atoms with Gasteiger partial charge in [0.1, 0.15) is 6.17 Å². The number of hydrazine groups is 1. The van der Waals surface area contributed by atoms with Crippen molar-refractivity contribution in [3.05, 3.63) is 78.1 Å². The van der Waals surface area contributed by atoms with Crippen LogP contribution in [0.4, 0.5) is 5.69 Å². The summed E-state index contributed by atoms with van der Waals surface area (Å²) in [5.41, 5.74) is 7.47. The highest BCUT2D eigenvalue weighted by Gasteiger charge is 2.24. The second kappa shape index (κ2) is 7.59. The van der Waals surface area contributed by atoms with Crippen molar-refractivity contribution in [2.75, 3.05) is 5.01 Å². The zero-order valence-corrected chi connectivity index (χ0v) is 13.9. The second-order valence-electron chi connectivity index (χ2n) is 5.61. The molecular formula is C18H20N6O. The van der Waals surface area contributed by atoms with Gasteiger partial charge in [0.2, 0.25) is 0 Å². The molecular weight excluding hydrogens is 316 g/mol. The molecule has 2 aromatic rings. The fourth-order valence-electron chi connectivity index (χ4n) is 2.43. The number of benzene rings is 2. The van der Waals surface area contributed by atoms with Gasteiger partial charge in [0.15, 0.2) is 5.70 Å². The van der Waals surface area contributed by atoms with Gasteiger partial charge < -0.3 is 5.73 Å². The molecule has 1 aliphatic heterocycles. The van der Waals surface area contributed by atoms with Gasteiger partial charge in [0.05, 0.1) is 11.9 Å². The smallest absolute Gasteiger partial charge is 0.270 e. The largest absolute Gasteiger partial charge is 0.364 e. The van der Waals surface area contributed by atoms with Crippen molar-refractivity contribution in [1.82, 2.24) is 10.4 Å². The number of para-hydroxylation sites is 1. The maximum Gasteiger partial charge on any atom is 0.270 e. The maximum absolute atomic E-state index is 11.5. The third kappa shape index (κ3) is 4.02. The third-order valence-electron chi connectivity index (χ3n) is 3.77. The van der Waals surface area contributed by atoms with Crippen LogP contribution < -0.4 is 16.1 Å². The number of carbonyl (C=O) groups is 1. The first-order chi connectivity index (χ1) is 12.1. The quantitative estimate of drug-likeness (QED) is 0.849. The van der Waals surface area contributed by atoms with Crippen LogP contribution in [0.15, 0.2) is 82.9 Å². The Bertz CT molecular complexity index is 775. The summed E-state index contributed by atoms with van der Waals surface area (Å²) >= 11 is 0. The van der Waals surface area contributed by atoms with Crippen LogP contribution in [0.3, 0.4) is 0 Å². The average molecular weight is 336 g/mol. The lowest BCUT2D eigenvalue weighted by molar-refractivity contribution is -0.114. The number of anilines is 1. The van der Waals surface area contributed by atoms with E-state index < -0.39 is 5.91 Å². The second-order valence-corrected chi connectivity index (χ2v) is 5.61. The topological polar surface area (TPSA) is 86.3 Å². The van der Waals surface area contributed by atoms with E-state index in [9.17, 15) is 4.79 Å². The number of nitrogens with two attached hydrogens (primary N) is 1. The fourth-order valence-corrected chi connectivity index (χ4v) is 2.43. The lowest BCUT2D eigenvalue weighted by Crippen LogP contribution is -2.49. The fraction of sp³-hybridized carbons (Fsp3) is 0.167. The molecule has 0 aliphatic carbocycles. The SMILES string of the molecule is CC(NCc1ccccc1)N1N=NC(C(N)=O)=CN1c1ccccc1. The van der Waals surface area contributed by atoms with Crippen molar-refractivity contribution in [1.29, 1.82) is 0 Å². The van der Waals surface area contributed by atoms with Gasteiger partial charge in [-0.2, -0.15) is 5.12 Å². The summed E-state index contributed by atoms with van der Waals surface area (Å²) in [5.74, 6) is -0.616. The molecule has 3 N–H and O–H groups in total. The molecule has 1 unspecified atom stereocenters. The molecule has 7 heteroatoms. The minimum atomic E-state index is -0.616. The van der Waals surface area contributed by atoms with Gasteiger partial charge >= 0.3 is 0 Å². The van der Waals surface area contributed by atoms with Crippen LogP contribution in [0, 0.1) is 0 Å². The molecule has 7 nitrogen and oxygen atoms in total. The molecule has 3 rings (SSSR count). The highest BCUT2D eigenvalue weighted by Crippen LogP contribution is 2.23. The number of nitrogens with zero attached hydrogens (tertiary/aromatic N) is 4. The van der Waals surface area contributed by atoms with E-state index in [0.29, 0.717) is 6.54 Å². The van der Waals surface area contributed by atoms with Crippen LogP contribution in [0.1, 0.15) is 12.5 Å². The van der Waals surface area contributed by atoms with E-state index in [1.54, 1.807) is 16.3 Å². The maximum atomic E-state index is 11.5. The van der Waals surface area contributed by atoms with Gasteiger partial charge in [-0.15, -0.1) is 5.11 Å². The Morgan fingerprint density at radius 2 is 1.76 bits per heavy atom. The van der Waals surface area contributed by atoms with Gasteiger partial charge in [0, 0.05) is 6.54 Å². The highest BCUT2D eigenvalue weighted by molar-refractivity contribution is 5.91. The minimum absolute atomic E-state index is 0.107. The monoisotopic (exact) mass is 336 g/mol. The van der Waals surface area contributed by atoms with E-state index in [0.717, 1.165) is 5.69 Å². The van der Waals surface area contributed by atoms with Crippen molar-refractivity contribution in [2.45, 2.75) is 19.6 Å². The van der Waals surface area contributed by atoms with E-state index in [4.69, 9.17) is 5.73 Å². The Kier molecular flexibility index (Phi) is 5.06. The third-order valence-corrected chi connectivity index (χ3v) is 3.77. The summed E-state index contributed by atoms with van der Waals surface area (Å²) in [6.07, 6.45) is 1.43. The van der Waals surface area contributed by atoms with Crippen molar-refractivity contribution >= 4 is 11.6 Å². The van der Waals surface area contributed by atoms with E-state index in [-0.39, 0.29) is 11.9 Å². The molecule has 0 aromatic heterocycles. The Balaban J connectivity index is 1.78. The van der Waals surface area contributed by atoms with E-state index in [1.165, 1.54) is 5.56 Å². The number of hydrogen-bond acceptors (Lipinski definition) is 6. The summed E-state index contributed by atoms with van der Waals surface area (Å²) in [4.78, 5) is 11.5. The lowest BCUT2D eigenvalue weighted by Gasteiger charge is -2.37.